The van der Waals surface area contributed by atoms with Crippen molar-refractivity contribution in [1.82, 2.24) is 0 Å². The molecular weight excluding hydrogens is 287 g/mol. The predicted octanol–water partition coefficient (Wildman–Crippen LogP) is 3.03. The van der Waals surface area contributed by atoms with Crippen LogP contribution in [-0.2, 0) is 9.31 Å². The first-order valence-electron chi connectivity index (χ1n) is 7.83. The summed E-state index contributed by atoms with van der Waals surface area (Å²) in [6.45, 7) is 1.03. The smallest absolute Gasteiger partial charge is 0.490 e. The van der Waals surface area contributed by atoms with Gasteiger partial charge >= 0.3 is 7.12 Å². The zero-order chi connectivity index (χ0) is 15.5. The number of fused-ring (bicyclic) bond motifs is 1. The number of ether oxygens (including phenoxy) is 1. The van der Waals surface area contributed by atoms with Gasteiger partial charge in [0.1, 0.15) is 12.4 Å². The van der Waals surface area contributed by atoms with Gasteiger partial charge < -0.3 is 14.0 Å². The second-order valence-corrected chi connectivity index (χ2v) is 5.62. The summed E-state index contributed by atoms with van der Waals surface area (Å²) in [6.07, 6.45) is -0.0563. The van der Waals surface area contributed by atoms with Gasteiger partial charge in [-0.1, -0.05) is 66.7 Å². The van der Waals surface area contributed by atoms with E-state index < -0.39 is 0 Å². The van der Waals surface area contributed by atoms with Crippen molar-refractivity contribution in [2.24, 2.45) is 0 Å². The van der Waals surface area contributed by atoms with Crippen LogP contribution in [0.4, 0.5) is 0 Å². The van der Waals surface area contributed by atoms with E-state index in [1.165, 1.54) is 5.39 Å². The van der Waals surface area contributed by atoms with Crippen LogP contribution < -0.4 is 10.2 Å². The van der Waals surface area contributed by atoms with Gasteiger partial charge in [0.25, 0.3) is 0 Å². The van der Waals surface area contributed by atoms with Crippen molar-refractivity contribution in [3.8, 4) is 5.75 Å². The van der Waals surface area contributed by atoms with Crippen LogP contribution in [0.5, 0.6) is 5.75 Å². The molecule has 4 rings (SSSR count). The number of hydrogen-bond donors (Lipinski definition) is 0. The van der Waals surface area contributed by atoms with E-state index in [4.69, 9.17) is 14.0 Å². The van der Waals surface area contributed by atoms with Crippen LogP contribution >= 0.6 is 0 Å². The molecule has 1 fully saturated rings. The molecule has 0 aliphatic carbocycles. The number of benzene rings is 3. The summed E-state index contributed by atoms with van der Waals surface area (Å²) in [6, 6.07) is 24.3. The first kappa shape index (κ1) is 14.3. The van der Waals surface area contributed by atoms with E-state index in [1.807, 2.05) is 54.6 Å². The molecule has 0 amide bonds. The molecule has 4 heteroatoms. The Bertz CT molecular complexity index is 785. The summed E-state index contributed by atoms with van der Waals surface area (Å²) in [5.74, 6) is 0.884. The zero-order valence-corrected chi connectivity index (χ0v) is 12.7. The maximum atomic E-state index is 5.98. The van der Waals surface area contributed by atoms with Crippen molar-refractivity contribution in [1.29, 1.82) is 0 Å². The molecule has 0 aromatic heterocycles. The largest absolute Gasteiger partial charge is 0.494 e. The third-order valence-electron chi connectivity index (χ3n) is 4.00. The Morgan fingerprint density at radius 1 is 0.913 bits per heavy atom. The molecule has 1 heterocycles. The molecule has 114 valence electrons. The second kappa shape index (κ2) is 6.45. The first-order chi connectivity index (χ1) is 11.4. The SMILES string of the molecule is c1ccc(B2OCC(COc3cccc4ccccc34)O2)cc1. The van der Waals surface area contributed by atoms with Crippen LogP contribution in [-0.4, -0.2) is 26.4 Å². The van der Waals surface area contributed by atoms with E-state index in [2.05, 4.69) is 18.2 Å². The van der Waals surface area contributed by atoms with Crippen molar-refractivity contribution < 1.29 is 14.0 Å². The average Bonchev–Trinajstić information content (AvgIpc) is 3.10. The third kappa shape index (κ3) is 3.09. The van der Waals surface area contributed by atoms with E-state index in [0.29, 0.717) is 13.2 Å². The normalized spacial score (nSPS) is 17.6. The summed E-state index contributed by atoms with van der Waals surface area (Å²) in [5.41, 5.74) is 1.04. The summed E-state index contributed by atoms with van der Waals surface area (Å²) in [7, 11) is -0.294. The van der Waals surface area contributed by atoms with E-state index in [9.17, 15) is 0 Å². The fraction of sp³-hybridized carbons (Fsp3) is 0.158. The minimum atomic E-state index is -0.294. The lowest BCUT2D eigenvalue weighted by Crippen LogP contribution is -2.33. The lowest BCUT2D eigenvalue weighted by Gasteiger charge is -2.13. The van der Waals surface area contributed by atoms with E-state index in [1.54, 1.807) is 0 Å². The summed E-state index contributed by atoms with van der Waals surface area (Å²) < 4.78 is 17.6. The molecule has 1 aliphatic heterocycles. The van der Waals surface area contributed by atoms with Gasteiger partial charge in [0, 0.05) is 5.39 Å². The Morgan fingerprint density at radius 2 is 1.70 bits per heavy atom. The molecular formula is C19H17BO3. The molecule has 3 aromatic rings. The molecule has 0 spiro atoms. The fourth-order valence-corrected chi connectivity index (χ4v) is 2.82. The first-order valence-corrected chi connectivity index (χ1v) is 7.83. The Morgan fingerprint density at radius 3 is 2.61 bits per heavy atom. The molecule has 1 aliphatic rings. The molecule has 3 aromatic carbocycles. The zero-order valence-electron chi connectivity index (χ0n) is 12.7. The highest BCUT2D eigenvalue weighted by atomic mass is 16.7. The van der Waals surface area contributed by atoms with Gasteiger partial charge in [0.15, 0.2) is 0 Å². The van der Waals surface area contributed by atoms with Crippen molar-refractivity contribution in [3.05, 3.63) is 72.8 Å². The van der Waals surface area contributed by atoms with Gasteiger partial charge in [0.2, 0.25) is 0 Å². The lowest BCUT2D eigenvalue weighted by atomic mass is 9.79. The maximum Gasteiger partial charge on any atom is 0.494 e. The van der Waals surface area contributed by atoms with Crippen molar-refractivity contribution in [3.63, 3.8) is 0 Å². The van der Waals surface area contributed by atoms with Crippen molar-refractivity contribution >= 4 is 23.4 Å². The van der Waals surface area contributed by atoms with E-state index in [0.717, 1.165) is 16.6 Å². The van der Waals surface area contributed by atoms with Gasteiger partial charge in [-0.05, 0) is 16.9 Å². The van der Waals surface area contributed by atoms with Crippen LogP contribution in [0.2, 0.25) is 0 Å². The molecule has 1 unspecified atom stereocenters. The highest BCUT2D eigenvalue weighted by molar-refractivity contribution is 6.61. The maximum absolute atomic E-state index is 5.98. The Balaban J connectivity index is 1.42. The molecule has 0 radical (unpaired) electrons. The van der Waals surface area contributed by atoms with Gasteiger partial charge in [-0.25, -0.2) is 0 Å². The number of hydrogen-bond acceptors (Lipinski definition) is 3. The van der Waals surface area contributed by atoms with E-state index in [-0.39, 0.29) is 13.2 Å². The Hall–Kier alpha value is -2.30. The highest BCUT2D eigenvalue weighted by Gasteiger charge is 2.33. The molecule has 0 saturated carbocycles. The standard InChI is InChI=1S/C19H17BO3/c1-2-9-16(10-3-1)20-22-14-17(23-20)13-21-19-12-6-8-15-7-4-5-11-18(15)19/h1-12,17H,13-14H2. The Labute approximate surface area is 135 Å². The lowest BCUT2D eigenvalue weighted by molar-refractivity contribution is 0.149. The van der Waals surface area contributed by atoms with Gasteiger partial charge in [-0.3, -0.25) is 0 Å². The Kier molecular flexibility index (Phi) is 4.01. The molecule has 1 saturated heterocycles. The quantitative estimate of drug-likeness (QED) is 0.693. The van der Waals surface area contributed by atoms with Gasteiger partial charge in [0.05, 0.1) is 12.7 Å². The molecule has 0 bridgehead atoms. The summed E-state index contributed by atoms with van der Waals surface area (Å²) in [5, 5.41) is 2.30. The summed E-state index contributed by atoms with van der Waals surface area (Å²) >= 11 is 0. The monoisotopic (exact) mass is 304 g/mol. The second-order valence-electron chi connectivity index (χ2n) is 5.62. The van der Waals surface area contributed by atoms with Crippen LogP contribution in [0.25, 0.3) is 10.8 Å². The molecule has 3 nitrogen and oxygen atoms in total. The minimum absolute atomic E-state index is 0.0563. The van der Waals surface area contributed by atoms with Crippen LogP contribution in [0.1, 0.15) is 0 Å². The summed E-state index contributed by atoms with van der Waals surface area (Å²) in [4.78, 5) is 0. The molecule has 1 atom stereocenters. The third-order valence-corrected chi connectivity index (χ3v) is 4.00. The van der Waals surface area contributed by atoms with Gasteiger partial charge in [-0.15, -0.1) is 0 Å². The average molecular weight is 304 g/mol. The van der Waals surface area contributed by atoms with Crippen molar-refractivity contribution in [2.75, 3.05) is 13.2 Å². The number of rotatable bonds is 4. The van der Waals surface area contributed by atoms with Crippen molar-refractivity contribution in [2.45, 2.75) is 6.10 Å². The van der Waals surface area contributed by atoms with Crippen LogP contribution in [0, 0.1) is 0 Å². The minimum Gasteiger partial charge on any atom is -0.490 e. The van der Waals surface area contributed by atoms with E-state index >= 15 is 0 Å². The molecule has 23 heavy (non-hydrogen) atoms. The van der Waals surface area contributed by atoms with Crippen LogP contribution in [0.15, 0.2) is 72.8 Å². The molecule has 0 N–H and O–H groups in total. The fourth-order valence-electron chi connectivity index (χ4n) is 2.82. The highest BCUT2D eigenvalue weighted by Crippen LogP contribution is 2.25. The van der Waals surface area contributed by atoms with Crippen LogP contribution in [0.3, 0.4) is 0 Å². The topological polar surface area (TPSA) is 27.7 Å². The predicted molar refractivity (Wildman–Crippen MR) is 92.1 cm³/mol. The van der Waals surface area contributed by atoms with Gasteiger partial charge in [-0.2, -0.15) is 0 Å².